The number of anilines is 3. The van der Waals surface area contributed by atoms with Crippen LogP contribution in [0.3, 0.4) is 0 Å². The first-order valence-corrected chi connectivity index (χ1v) is 5.93. The lowest BCUT2D eigenvalue weighted by Crippen LogP contribution is -1.94. The normalized spacial score (nSPS) is 10.3. The van der Waals surface area contributed by atoms with Crippen LogP contribution in [0.4, 0.5) is 21.5 Å². The first-order chi connectivity index (χ1) is 8.04. The van der Waals surface area contributed by atoms with Crippen LogP contribution in [0.15, 0.2) is 40.9 Å². The molecule has 4 heteroatoms. The number of nitrogens with one attached hydrogen (secondary N) is 1. The van der Waals surface area contributed by atoms with Gasteiger partial charge >= 0.3 is 0 Å². The Hall–Kier alpha value is -1.55. The number of aryl methyl sites for hydroxylation is 1. The molecule has 0 atom stereocenters. The molecule has 0 bridgehead atoms. The third kappa shape index (κ3) is 2.97. The monoisotopic (exact) mass is 294 g/mol. The highest BCUT2D eigenvalue weighted by atomic mass is 79.9. The van der Waals surface area contributed by atoms with Gasteiger partial charge in [-0.3, -0.25) is 0 Å². The van der Waals surface area contributed by atoms with Gasteiger partial charge in [-0.05, 0) is 42.8 Å². The summed E-state index contributed by atoms with van der Waals surface area (Å²) in [6, 6.07) is 10.2. The standard InChI is InChI=1S/C13H12BrFN2/c1-8-2-3-11(7-13(8)14)17-12-5-9(15)4-10(16)6-12/h2-7,17H,16H2,1H3. The molecule has 2 aromatic carbocycles. The van der Waals surface area contributed by atoms with Crippen LogP contribution in [-0.2, 0) is 0 Å². The van der Waals surface area contributed by atoms with Crippen molar-refractivity contribution in [1.29, 1.82) is 0 Å². The summed E-state index contributed by atoms with van der Waals surface area (Å²) in [6.45, 7) is 2.01. The third-order valence-corrected chi connectivity index (χ3v) is 3.23. The quantitative estimate of drug-likeness (QED) is 0.814. The maximum Gasteiger partial charge on any atom is 0.127 e. The van der Waals surface area contributed by atoms with Crippen molar-refractivity contribution >= 4 is 33.0 Å². The Morgan fingerprint density at radius 2 is 1.88 bits per heavy atom. The highest BCUT2D eigenvalue weighted by Crippen LogP contribution is 2.25. The Labute approximate surface area is 108 Å². The van der Waals surface area contributed by atoms with Gasteiger partial charge in [0.05, 0.1) is 0 Å². The van der Waals surface area contributed by atoms with Gasteiger partial charge in [-0.25, -0.2) is 4.39 Å². The third-order valence-electron chi connectivity index (χ3n) is 2.38. The van der Waals surface area contributed by atoms with Crippen molar-refractivity contribution in [3.63, 3.8) is 0 Å². The lowest BCUT2D eigenvalue weighted by Gasteiger charge is -2.09. The molecule has 3 N–H and O–H groups in total. The molecule has 2 rings (SSSR count). The van der Waals surface area contributed by atoms with Crippen molar-refractivity contribution in [3.05, 3.63) is 52.3 Å². The van der Waals surface area contributed by atoms with Crippen LogP contribution in [0.1, 0.15) is 5.56 Å². The molecule has 0 saturated heterocycles. The van der Waals surface area contributed by atoms with E-state index in [1.54, 1.807) is 6.07 Å². The fourth-order valence-electron chi connectivity index (χ4n) is 1.52. The van der Waals surface area contributed by atoms with Crippen LogP contribution in [0.2, 0.25) is 0 Å². The summed E-state index contributed by atoms with van der Waals surface area (Å²) in [5.74, 6) is -0.348. The van der Waals surface area contributed by atoms with E-state index in [4.69, 9.17) is 5.73 Å². The highest BCUT2D eigenvalue weighted by Gasteiger charge is 2.01. The zero-order chi connectivity index (χ0) is 12.4. The molecule has 0 spiro atoms. The molecule has 0 aromatic heterocycles. The van der Waals surface area contributed by atoms with E-state index in [-0.39, 0.29) is 5.82 Å². The number of nitrogen functional groups attached to an aromatic ring is 1. The van der Waals surface area contributed by atoms with E-state index in [0.29, 0.717) is 11.4 Å². The van der Waals surface area contributed by atoms with E-state index < -0.39 is 0 Å². The zero-order valence-corrected chi connectivity index (χ0v) is 10.9. The maximum absolute atomic E-state index is 13.1. The first kappa shape index (κ1) is 11.9. The second-order valence-electron chi connectivity index (χ2n) is 3.86. The summed E-state index contributed by atoms with van der Waals surface area (Å²) in [5.41, 5.74) is 8.65. The summed E-state index contributed by atoms with van der Waals surface area (Å²) in [5, 5.41) is 3.10. The number of rotatable bonds is 2. The molecule has 0 aliphatic heterocycles. The Morgan fingerprint density at radius 1 is 1.12 bits per heavy atom. The van der Waals surface area contributed by atoms with Crippen molar-refractivity contribution in [1.82, 2.24) is 0 Å². The molecule has 0 fully saturated rings. The van der Waals surface area contributed by atoms with Crippen molar-refractivity contribution in [3.8, 4) is 0 Å². The van der Waals surface area contributed by atoms with Gasteiger partial charge in [0.1, 0.15) is 5.82 Å². The Balaban J connectivity index is 2.28. The van der Waals surface area contributed by atoms with Crippen molar-refractivity contribution in [2.75, 3.05) is 11.1 Å². The minimum Gasteiger partial charge on any atom is -0.399 e. The zero-order valence-electron chi connectivity index (χ0n) is 9.30. The Kier molecular flexibility index (Phi) is 3.33. The van der Waals surface area contributed by atoms with E-state index in [2.05, 4.69) is 21.2 Å². The lowest BCUT2D eigenvalue weighted by molar-refractivity contribution is 0.629. The maximum atomic E-state index is 13.1. The second-order valence-corrected chi connectivity index (χ2v) is 4.72. The smallest absolute Gasteiger partial charge is 0.127 e. The SMILES string of the molecule is Cc1ccc(Nc2cc(N)cc(F)c2)cc1Br. The predicted octanol–water partition coefficient (Wildman–Crippen LogP) is 4.22. The van der Waals surface area contributed by atoms with Gasteiger partial charge in [0.25, 0.3) is 0 Å². The first-order valence-electron chi connectivity index (χ1n) is 5.14. The summed E-state index contributed by atoms with van der Waals surface area (Å²) in [7, 11) is 0. The second kappa shape index (κ2) is 4.75. The Morgan fingerprint density at radius 3 is 2.53 bits per heavy atom. The van der Waals surface area contributed by atoms with E-state index in [0.717, 1.165) is 15.7 Å². The number of halogens is 2. The number of hydrogen-bond donors (Lipinski definition) is 2. The molecule has 0 aliphatic carbocycles. The minimum atomic E-state index is -0.348. The van der Waals surface area contributed by atoms with E-state index in [1.165, 1.54) is 12.1 Å². The number of hydrogen-bond acceptors (Lipinski definition) is 2. The van der Waals surface area contributed by atoms with E-state index in [9.17, 15) is 4.39 Å². The van der Waals surface area contributed by atoms with Crippen LogP contribution in [0, 0.1) is 12.7 Å². The van der Waals surface area contributed by atoms with Crippen LogP contribution in [-0.4, -0.2) is 0 Å². The average Bonchev–Trinajstić information content (AvgIpc) is 2.22. The largest absolute Gasteiger partial charge is 0.399 e. The fraction of sp³-hybridized carbons (Fsp3) is 0.0769. The van der Waals surface area contributed by atoms with Crippen LogP contribution in [0.5, 0.6) is 0 Å². The van der Waals surface area contributed by atoms with Crippen LogP contribution >= 0.6 is 15.9 Å². The molecule has 0 amide bonds. The molecule has 0 aliphatic rings. The molecule has 17 heavy (non-hydrogen) atoms. The minimum absolute atomic E-state index is 0.348. The summed E-state index contributed by atoms with van der Waals surface area (Å²) in [6.07, 6.45) is 0. The van der Waals surface area contributed by atoms with Crippen molar-refractivity contribution in [2.45, 2.75) is 6.92 Å². The Bertz CT molecular complexity index is 535. The molecule has 0 saturated carbocycles. The van der Waals surface area contributed by atoms with E-state index in [1.807, 2.05) is 25.1 Å². The van der Waals surface area contributed by atoms with Gasteiger partial charge in [-0.15, -0.1) is 0 Å². The molecular formula is C13H12BrFN2. The van der Waals surface area contributed by atoms with E-state index >= 15 is 0 Å². The number of nitrogens with two attached hydrogens (primary N) is 1. The summed E-state index contributed by atoms with van der Waals surface area (Å²) >= 11 is 3.45. The van der Waals surface area contributed by atoms with Gasteiger partial charge < -0.3 is 11.1 Å². The summed E-state index contributed by atoms with van der Waals surface area (Å²) in [4.78, 5) is 0. The molecule has 0 radical (unpaired) electrons. The molecule has 2 aromatic rings. The molecule has 88 valence electrons. The van der Waals surface area contributed by atoms with Gasteiger partial charge in [0.2, 0.25) is 0 Å². The highest BCUT2D eigenvalue weighted by molar-refractivity contribution is 9.10. The van der Waals surface area contributed by atoms with Gasteiger partial charge in [0, 0.05) is 21.5 Å². The average molecular weight is 295 g/mol. The summed E-state index contributed by atoms with van der Waals surface area (Å²) < 4.78 is 14.2. The van der Waals surface area contributed by atoms with Crippen molar-refractivity contribution < 1.29 is 4.39 Å². The predicted molar refractivity (Wildman–Crippen MR) is 73.0 cm³/mol. The van der Waals surface area contributed by atoms with Gasteiger partial charge in [0.15, 0.2) is 0 Å². The number of benzene rings is 2. The fourth-order valence-corrected chi connectivity index (χ4v) is 1.90. The van der Waals surface area contributed by atoms with Gasteiger partial charge in [-0.1, -0.05) is 22.0 Å². The lowest BCUT2D eigenvalue weighted by atomic mass is 10.2. The topological polar surface area (TPSA) is 38.0 Å². The van der Waals surface area contributed by atoms with Crippen LogP contribution in [0.25, 0.3) is 0 Å². The molecule has 2 nitrogen and oxygen atoms in total. The molecule has 0 unspecified atom stereocenters. The molecule has 0 heterocycles. The van der Waals surface area contributed by atoms with Gasteiger partial charge in [-0.2, -0.15) is 0 Å². The van der Waals surface area contributed by atoms with Crippen molar-refractivity contribution in [2.24, 2.45) is 0 Å². The van der Waals surface area contributed by atoms with Crippen LogP contribution < -0.4 is 11.1 Å². The molecular weight excluding hydrogens is 283 g/mol.